The van der Waals surface area contributed by atoms with E-state index in [4.69, 9.17) is 10.5 Å². The first-order valence-electron chi connectivity index (χ1n) is 6.36. The first kappa shape index (κ1) is 14.1. The highest BCUT2D eigenvalue weighted by Crippen LogP contribution is 2.29. The SMILES string of the molecule is CC1(C)CN(C(=O)COc2ccc(N)cc2)CCS1. The summed E-state index contributed by atoms with van der Waals surface area (Å²) in [6.45, 7) is 6.00. The van der Waals surface area contributed by atoms with Crippen molar-refractivity contribution in [1.82, 2.24) is 4.90 Å². The molecule has 0 aliphatic carbocycles. The largest absolute Gasteiger partial charge is 0.484 e. The van der Waals surface area contributed by atoms with Gasteiger partial charge in [-0.1, -0.05) is 0 Å². The van der Waals surface area contributed by atoms with Crippen LogP contribution in [0.25, 0.3) is 0 Å². The van der Waals surface area contributed by atoms with Gasteiger partial charge in [-0.2, -0.15) is 11.8 Å². The van der Waals surface area contributed by atoms with Crippen molar-refractivity contribution in [2.45, 2.75) is 18.6 Å². The smallest absolute Gasteiger partial charge is 0.260 e. The number of thioether (sulfide) groups is 1. The molecular weight excluding hydrogens is 260 g/mol. The van der Waals surface area contributed by atoms with Crippen molar-refractivity contribution in [3.05, 3.63) is 24.3 Å². The van der Waals surface area contributed by atoms with Crippen LogP contribution in [-0.2, 0) is 4.79 Å². The van der Waals surface area contributed by atoms with Crippen molar-refractivity contribution in [3.8, 4) is 5.75 Å². The topological polar surface area (TPSA) is 55.6 Å². The number of carbonyl (C=O) groups excluding carboxylic acids is 1. The molecule has 2 N–H and O–H groups in total. The third kappa shape index (κ3) is 4.06. The maximum absolute atomic E-state index is 12.1. The fourth-order valence-electron chi connectivity index (χ4n) is 2.03. The second-order valence-electron chi connectivity index (χ2n) is 5.28. The first-order chi connectivity index (χ1) is 8.96. The molecular formula is C14H20N2O2S. The van der Waals surface area contributed by atoms with Crippen LogP contribution in [0.2, 0.25) is 0 Å². The number of nitrogens with two attached hydrogens (primary N) is 1. The highest BCUT2D eigenvalue weighted by molar-refractivity contribution is 8.00. The van der Waals surface area contributed by atoms with Crippen LogP contribution in [0.4, 0.5) is 5.69 Å². The maximum atomic E-state index is 12.1. The van der Waals surface area contributed by atoms with E-state index in [0.29, 0.717) is 11.4 Å². The zero-order chi connectivity index (χ0) is 13.9. The Labute approximate surface area is 118 Å². The molecule has 1 aliphatic heterocycles. The number of hydrogen-bond acceptors (Lipinski definition) is 4. The molecule has 1 heterocycles. The Morgan fingerprint density at radius 2 is 2.11 bits per heavy atom. The highest BCUT2D eigenvalue weighted by Gasteiger charge is 2.29. The highest BCUT2D eigenvalue weighted by atomic mass is 32.2. The average molecular weight is 280 g/mol. The average Bonchev–Trinajstić information content (AvgIpc) is 2.36. The van der Waals surface area contributed by atoms with Crippen molar-refractivity contribution >= 4 is 23.4 Å². The van der Waals surface area contributed by atoms with E-state index < -0.39 is 0 Å². The molecule has 5 heteroatoms. The molecule has 1 aliphatic rings. The lowest BCUT2D eigenvalue weighted by Gasteiger charge is -2.37. The Hall–Kier alpha value is -1.36. The van der Waals surface area contributed by atoms with Gasteiger partial charge >= 0.3 is 0 Å². The zero-order valence-electron chi connectivity index (χ0n) is 11.4. The lowest BCUT2D eigenvalue weighted by Crippen LogP contribution is -2.47. The van der Waals surface area contributed by atoms with E-state index in [-0.39, 0.29) is 17.3 Å². The minimum Gasteiger partial charge on any atom is -0.484 e. The molecule has 19 heavy (non-hydrogen) atoms. The molecule has 1 aromatic carbocycles. The van der Waals surface area contributed by atoms with Gasteiger partial charge in [0.2, 0.25) is 0 Å². The summed E-state index contributed by atoms with van der Waals surface area (Å²) in [5.41, 5.74) is 6.28. The van der Waals surface area contributed by atoms with Gasteiger partial charge in [0.05, 0.1) is 0 Å². The summed E-state index contributed by atoms with van der Waals surface area (Å²) in [5, 5.41) is 0. The van der Waals surface area contributed by atoms with Crippen LogP contribution in [0.3, 0.4) is 0 Å². The summed E-state index contributed by atoms with van der Waals surface area (Å²) in [6, 6.07) is 7.08. The third-order valence-electron chi connectivity index (χ3n) is 3.02. The van der Waals surface area contributed by atoms with Gasteiger partial charge in [0.25, 0.3) is 5.91 Å². The Balaban J connectivity index is 1.85. The number of nitrogen functional groups attached to an aromatic ring is 1. The van der Waals surface area contributed by atoms with E-state index in [1.165, 1.54) is 0 Å². The van der Waals surface area contributed by atoms with Gasteiger partial charge < -0.3 is 15.4 Å². The van der Waals surface area contributed by atoms with Gasteiger partial charge in [-0.3, -0.25) is 4.79 Å². The Morgan fingerprint density at radius 1 is 1.42 bits per heavy atom. The lowest BCUT2D eigenvalue weighted by atomic mass is 10.2. The molecule has 1 saturated heterocycles. The molecule has 0 saturated carbocycles. The summed E-state index contributed by atoms with van der Waals surface area (Å²) < 4.78 is 5.62. The van der Waals surface area contributed by atoms with Crippen molar-refractivity contribution < 1.29 is 9.53 Å². The van der Waals surface area contributed by atoms with Gasteiger partial charge in [0, 0.05) is 29.3 Å². The molecule has 1 aromatic rings. The fraction of sp³-hybridized carbons (Fsp3) is 0.500. The van der Waals surface area contributed by atoms with Crippen molar-refractivity contribution in [2.24, 2.45) is 0 Å². The van der Waals surface area contributed by atoms with Gasteiger partial charge in [0.15, 0.2) is 6.61 Å². The normalized spacial score (nSPS) is 18.1. The van der Waals surface area contributed by atoms with Gasteiger partial charge in [-0.05, 0) is 38.1 Å². The Kier molecular flexibility index (Phi) is 4.24. The summed E-state index contributed by atoms with van der Waals surface area (Å²) in [6.07, 6.45) is 0. The van der Waals surface area contributed by atoms with E-state index in [9.17, 15) is 4.79 Å². The van der Waals surface area contributed by atoms with E-state index in [2.05, 4.69) is 13.8 Å². The first-order valence-corrected chi connectivity index (χ1v) is 7.35. The number of hydrogen-bond donors (Lipinski definition) is 1. The van der Waals surface area contributed by atoms with Gasteiger partial charge in [0.1, 0.15) is 5.75 Å². The zero-order valence-corrected chi connectivity index (χ0v) is 12.2. The van der Waals surface area contributed by atoms with Gasteiger partial charge in [-0.25, -0.2) is 0 Å². The fourth-order valence-corrected chi connectivity index (χ4v) is 3.14. The monoisotopic (exact) mass is 280 g/mol. The summed E-state index contributed by atoms with van der Waals surface area (Å²) >= 11 is 1.91. The Morgan fingerprint density at radius 3 is 2.74 bits per heavy atom. The molecule has 1 fully saturated rings. The lowest BCUT2D eigenvalue weighted by molar-refractivity contribution is -0.133. The number of ether oxygens (including phenoxy) is 1. The summed E-state index contributed by atoms with van der Waals surface area (Å²) in [4.78, 5) is 14.0. The number of nitrogens with zero attached hydrogens (tertiary/aromatic N) is 1. The van der Waals surface area contributed by atoms with Crippen LogP contribution in [0.5, 0.6) is 5.75 Å². The molecule has 0 bridgehead atoms. The molecule has 0 atom stereocenters. The van der Waals surface area contributed by atoms with Crippen LogP contribution in [0, 0.1) is 0 Å². The quantitative estimate of drug-likeness (QED) is 0.860. The molecule has 4 nitrogen and oxygen atoms in total. The maximum Gasteiger partial charge on any atom is 0.260 e. The molecule has 0 spiro atoms. The predicted molar refractivity (Wildman–Crippen MR) is 79.5 cm³/mol. The number of amides is 1. The standard InChI is InChI=1S/C14H20N2O2S/c1-14(2)10-16(7-8-19-14)13(17)9-18-12-5-3-11(15)4-6-12/h3-6H,7-10,15H2,1-2H3. The van der Waals surface area contributed by atoms with E-state index in [0.717, 1.165) is 18.8 Å². The van der Waals surface area contributed by atoms with Crippen molar-refractivity contribution in [2.75, 3.05) is 31.2 Å². The van der Waals surface area contributed by atoms with Crippen LogP contribution < -0.4 is 10.5 Å². The van der Waals surface area contributed by atoms with Crippen molar-refractivity contribution in [3.63, 3.8) is 0 Å². The van der Waals surface area contributed by atoms with E-state index in [1.54, 1.807) is 24.3 Å². The molecule has 0 unspecified atom stereocenters. The second kappa shape index (κ2) is 5.74. The predicted octanol–water partition coefficient (Wildman–Crippen LogP) is 2.00. The second-order valence-corrected chi connectivity index (χ2v) is 7.08. The summed E-state index contributed by atoms with van der Waals surface area (Å²) in [5.74, 6) is 1.71. The molecule has 0 aromatic heterocycles. The molecule has 2 rings (SSSR count). The number of carbonyl (C=O) groups is 1. The molecule has 0 radical (unpaired) electrons. The van der Waals surface area contributed by atoms with Gasteiger partial charge in [-0.15, -0.1) is 0 Å². The number of benzene rings is 1. The van der Waals surface area contributed by atoms with Crippen LogP contribution in [-0.4, -0.2) is 41.0 Å². The number of anilines is 1. The Bertz CT molecular complexity index is 445. The molecule has 104 valence electrons. The van der Waals surface area contributed by atoms with E-state index in [1.807, 2.05) is 16.7 Å². The minimum absolute atomic E-state index is 0.0465. The van der Waals surface area contributed by atoms with Crippen LogP contribution >= 0.6 is 11.8 Å². The molecule has 1 amide bonds. The minimum atomic E-state index is 0.0465. The van der Waals surface area contributed by atoms with E-state index >= 15 is 0 Å². The third-order valence-corrected chi connectivity index (χ3v) is 4.32. The summed E-state index contributed by atoms with van der Waals surface area (Å²) in [7, 11) is 0. The van der Waals surface area contributed by atoms with Crippen LogP contribution in [0.15, 0.2) is 24.3 Å². The van der Waals surface area contributed by atoms with Crippen molar-refractivity contribution in [1.29, 1.82) is 0 Å². The number of rotatable bonds is 3. The van der Waals surface area contributed by atoms with Crippen LogP contribution in [0.1, 0.15) is 13.8 Å².